The molecule has 2 heterocycles. The van der Waals surface area contributed by atoms with Gasteiger partial charge in [0, 0.05) is 20.2 Å². The fraction of sp³-hybridized carbons (Fsp3) is 0.571. The number of rotatable bonds is 4. The minimum atomic E-state index is -3.53. The van der Waals surface area contributed by atoms with Crippen molar-refractivity contribution in [2.75, 3.05) is 26.8 Å². The molecule has 0 aliphatic carbocycles. The third-order valence-electron chi connectivity index (χ3n) is 4.29. The molecule has 1 aromatic heterocycles. The summed E-state index contributed by atoms with van der Waals surface area (Å²) >= 11 is 1.04. The summed E-state index contributed by atoms with van der Waals surface area (Å²) in [7, 11) is -1.84. The second kappa shape index (κ2) is 5.84. The van der Waals surface area contributed by atoms with Gasteiger partial charge >= 0.3 is 0 Å². The van der Waals surface area contributed by atoms with Crippen LogP contribution in [0.5, 0.6) is 0 Å². The number of hydrogen-bond acceptors (Lipinski definition) is 6. The van der Waals surface area contributed by atoms with Crippen LogP contribution in [0.3, 0.4) is 0 Å². The zero-order valence-corrected chi connectivity index (χ0v) is 14.3. The van der Waals surface area contributed by atoms with Crippen LogP contribution in [0.4, 0.5) is 0 Å². The van der Waals surface area contributed by atoms with Crippen LogP contribution < -0.4 is 0 Å². The van der Waals surface area contributed by atoms with Gasteiger partial charge in [-0.3, -0.25) is 0 Å². The van der Waals surface area contributed by atoms with Crippen molar-refractivity contribution in [2.24, 2.45) is 5.41 Å². The minimum Gasteiger partial charge on any atom is -0.384 e. The number of ether oxygens (including phenoxy) is 1. The van der Waals surface area contributed by atoms with Gasteiger partial charge in [0.05, 0.1) is 18.3 Å². The van der Waals surface area contributed by atoms with E-state index in [-0.39, 0.29) is 10.3 Å². The summed E-state index contributed by atoms with van der Waals surface area (Å²) in [6, 6.07) is 5.11. The van der Waals surface area contributed by atoms with Crippen molar-refractivity contribution in [1.29, 1.82) is 0 Å². The maximum Gasteiger partial charge on any atom is 0.245 e. The number of hydrogen-bond donors (Lipinski definition) is 0. The van der Waals surface area contributed by atoms with Crippen molar-refractivity contribution in [3.05, 3.63) is 18.2 Å². The van der Waals surface area contributed by atoms with Gasteiger partial charge in [-0.15, -0.1) is 0 Å². The van der Waals surface area contributed by atoms with Gasteiger partial charge in [0.2, 0.25) is 10.0 Å². The molecule has 8 heteroatoms. The number of fused-ring (bicyclic) bond motifs is 1. The van der Waals surface area contributed by atoms with Crippen molar-refractivity contribution < 1.29 is 13.2 Å². The molecule has 22 heavy (non-hydrogen) atoms. The van der Waals surface area contributed by atoms with Crippen LogP contribution in [0.2, 0.25) is 0 Å². The van der Waals surface area contributed by atoms with E-state index in [0.29, 0.717) is 30.7 Å². The van der Waals surface area contributed by atoms with Crippen LogP contribution in [-0.4, -0.2) is 48.3 Å². The first kappa shape index (κ1) is 15.8. The molecule has 3 rings (SSSR count). The molecule has 1 aromatic carbocycles. The number of piperidine rings is 1. The van der Waals surface area contributed by atoms with E-state index in [0.717, 1.165) is 24.6 Å². The summed E-state index contributed by atoms with van der Waals surface area (Å²) < 4.78 is 40.9. The Labute approximate surface area is 134 Å². The van der Waals surface area contributed by atoms with E-state index in [1.165, 1.54) is 0 Å². The highest BCUT2D eigenvalue weighted by Gasteiger charge is 2.36. The lowest BCUT2D eigenvalue weighted by molar-refractivity contribution is 0.0531. The third kappa shape index (κ3) is 2.76. The first-order chi connectivity index (χ1) is 10.5. The molecule has 0 unspecified atom stereocenters. The van der Waals surface area contributed by atoms with Crippen LogP contribution in [0.25, 0.3) is 11.0 Å². The van der Waals surface area contributed by atoms with Crippen molar-refractivity contribution >= 4 is 32.8 Å². The van der Waals surface area contributed by atoms with Crippen LogP contribution in [0.1, 0.15) is 19.8 Å². The largest absolute Gasteiger partial charge is 0.384 e. The molecule has 6 nitrogen and oxygen atoms in total. The summed E-state index contributed by atoms with van der Waals surface area (Å²) in [5.41, 5.74) is 1.15. The molecule has 0 amide bonds. The molecule has 0 radical (unpaired) electrons. The lowest BCUT2D eigenvalue weighted by Crippen LogP contribution is -2.43. The number of methoxy groups -OCH3 is 1. The van der Waals surface area contributed by atoms with Gasteiger partial charge < -0.3 is 4.74 Å². The lowest BCUT2D eigenvalue weighted by Gasteiger charge is -2.38. The molecule has 0 spiro atoms. The Hall–Kier alpha value is -1.09. The Morgan fingerprint density at radius 2 is 2.05 bits per heavy atom. The molecule has 0 saturated carbocycles. The van der Waals surface area contributed by atoms with Gasteiger partial charge in [0.1, 0.15) is 15.9 Å². The molecule has 120 valence electrons. The van der Waals surface area contributed by atoms with Gasteiger partial charge in [0.15, 0.2) is 0 Å². The molecular weight excluding hydrogens is 322 g/mol. The van der Waals surface area contributed by atoms with Crippen LogP contribution in [0, 0.1) is 5.41 Å². The highest BCUT2D eigenvalue weighted by atomic mass is 32.2. The smallest absolute Gasteiger partial charge is 0.245 e. The second-order valence-corrected chi connectivity index (χ2v) is 8.47. The third-order valence-corrected chi connectivity index (χ3v) is 6.76. The van der Waals surface area contributed by atoms with E-state index < -0.39 is 10.0 Å². The Bertz CT molecular complexity index is 764. The standard InChI is InChI=1S/C14H19N3O3S2/c1-14(10-20-2)6-8-17(9-7-14)22(18,19)12-5-3-4-11-13(12)16-21-15-11/h3-5H,6-10H2,1-2H3. The summed E-state index contributed by atoms with van der Waals surface area (Å²) in [6.45, 7) is 3.82. The number of aromatic nitrogens is 2. The minimum absolute atomic E-state index is 0.0506. The monoisotopic (exact) mass is 341 g/mol. The van der Waals surface area contributed by atoms with Crippen molar-refractivity contribution in [2.45, 2.75) is 24.7 Å². The molecular formula is C14H19N3O3S2. The maximum atomic E-state index is 12.9. The average molecular weight is 341 g/mol. The highest BCUT2D eigenvalue weighted by molar-refractivity contribution is 7.89. The Morgan fingerprint density at radius 1 is 1.32 bits per heavy atom. The van der Waals surface area contributed by atoms with Gasteiger partial charge in [-0.2, -0.15) is 13.1 Å². The molecule has 1 aliphatic rings. The molecule has 0 bridgehead atoms. The molecule has 2 aromatic rings. The Morgan fingerprint density at radius 3 is 2.73 bits per heavy atom. The van der Waals surface area contributed by atoms with E-state index in [1.807, 2.05) is 0 Å². The molecule has 1 aliphatic heterocycles. The molecule has 0 atom stereocenters. The fourth-order valence-corrected chi connectivity index (χ4v) is 5.08. The highest BCUT2D eigenvalue weighted by Crippen LogP contribution is 2.34. The summed E-state index contributed by atoms with van der Waals surface area (Å²) in [6.07, 6.45) is 1.59. The normalized spacial score (nSPS) is 19.5. The zero-order valence-electron chi connectivity index (χ0n) is 12.7. The van der Waals surface area contributed by atoms with Gasteiger partial charge in [0.25, 0.3) is 0 Å². The van der Waals surface area contributed by atoms with E-state index in [2.05, 4.69) is 15.7 Å². The van der Waals surface area contributed by atoms with Crippen LogP contribution in [0.15, 0.2) is 23.1 Å². The topological polar surface area (TPSA) is 72.4 Å². The SMILES string of the molecule is COCC1(C)CCN(S(=O)(=O)c2cccc3nsnc23)CC1. The Balaban J connectivity index is 1.87. The molecule has 1 saturated heterocycles. The van der Waals surface area contributed by atoms with Crippen molar-refractivity contribution in [3.8, 4) is 0 Å². The number of sulfonamides is 1. The summed E-state index contributed by atoms with van der Waals surface area (Å²) in [5, 5.41) is 0. The predicted octanol–water partition coefficient (Wildman–Crippen LogP) is 2.13. The fourth-order valence-electron chi connectivity index (χ4n) is 2.89. The summed E-state index contributed by atoms with van der Waals surface area (Å²) in [4.78, 5) is 0.258. The van der Waals surface area contributed by atoms with Crippen molar-refractivity contribution in [3.63, 3.8) is 0 Å². The first-order valence-corrected chi connectivity index (χ1v) is 9.34. The van der Waals surface area contributed by atoms with E-state index in [1.54, 1.807) is 29.6 Å². The predicted molar refractivity (Wildman–Crippen MR) is 85.4 cm³/mol. The number of benzene rings is 1. The maximum absolute atomic E-state index is 12.9. The first-order valence-electron chi connectivity index (χ1n) is 7.17. The number of nitrogens with zero attached hydrogens (tertiary/aromatic N) is 3. The zero-order chi connectivity index (χ0) is 15.8. The summed E-state index contributed by atoms with van der Waals surface area (Å²) in [5.74, 6) is 0. The Kier molecular flexibility index (Phi) is 4.19. The van der Waals surface area contributed by atoms with Gasteiger partial charge in [-0.25, -0.2) is 8.42 Å². The van der Waals surface area contributed by atoms with Crippen LogP contribution >= 0.6 is 11.7 Å². The van der Waals surface area contributed by atoms with E-state index in [4.69, 9.17) is 4.74 Å². The van der Waals surface area contributed by atoms with Gasteiger partial charge in [-0.1, -0.05) is 13.0 Å². The quantitative estimate of drug-likeness (QED) is 0.852. The average Bonchev–Trinajstić information content (AvgIpc) is 2.95. The van der Waals surface area contributed by atoms with E-state index in [9.17, 15) is 8.42 Å². The van der Waals surface area contributed by atoms with Crippen molar-refractivity contribution in [1.82, 2.24) is 13.1 Å². The van der Waals surface area contributed by atoms with E-state index >= 15 is 0 Å². The van der Waals surface area contributed by atoms with Crippen LogP contribution in [-0.2, 0) is 14.8 Å². The lowest BCUT2D eigenvalue weighted by atomic mass is 9.82. The second-order valence-electron chi connectivity index (χ2n) is 6.04. The molecule has 1 fully saturated rings. The molecule has 0 N–H and O–H groups in total. The van der Waals surface area contributed by atoms with Gasteiger partial charge in [-0.05, 0) is 30.4 Å².